The van der Waals surface area contributed by atoms with Crippen LogP contribution in [0.5, 0.6) is 0 Å². The highest BCUT2D eigenvalue weighted by atomic mass is 16.2. The zero-order chi connectivity index (χ0) is 24.5. The van der Waals surface area contributed by atoms with Crippen molar-refractivity contribution in [3.05, 3.63) is 66.0 Å². The maximum absolute atomic E-state index is 13.4. The molecule has 6 heteroatoms. The molecule has 1 aromatic heterocycles. The van der Waals surface area contributed by atoms with Crippen LogP contribution < -0.4 is 5.32 Å². The van der Waals surface area contributed by atoms with Gasteiger partial charge in [0.2, 0.25) is 11.8 Å². The van der Waals surface area contributed by atoms with Crippen molar-refractivity contribution in [3.8, 4) is 0 Å². The van der Waals surface area contributed by atoms with E-state index in [0.717, 1.165) is 41.7 Å². The van der Waals surface area contributed by atoms with E-state index < -0.39 is 0 Å². The molecular weight excluding hydrogens is 424 g/mol. The van der Waals surface area contributed by atoms with Crippen LogP contribution in [0.15, 0.2) is 54.6 Å². The molecule has 2 amide bonds. The second kappa shape index (κ2) is 12.4. The molecule has 182 valence electrons. The first-order valence-electron chi connectivity index (χ1n) is 12.5. The predicted molar refractivity (Wildman–Crippen MR) is 137 cm³/mol. The molecule has 2 aromatic carbocycles. The number of nitrogens with zero attached hydrogens (tertiary/aromatic N) is 3. The number of carbonyl (C=O) groups is 2. The Hall–Kier alpha value is -3.15. The molecule has 0 spiro atoms. The summed E-state index contributed by atoms with van der Waals surface area (Å²) >= 11 is 0. The van der Waals surface area contributed by atoms with Crippen molar-refractivity contribution in [1.29, 1.82) is 0 Å². The van der Waals surface area contributed by atoms with E-state index in [9.17, 15) is 9.59 Å². The number of nitrogens with one attached hydrogen (secondary N) is 1. The average Bonchev–Trinajstić information content (AvgIpc) is 3.18. The lowest BCUT2D eigenvalue weighted by Gasteiger charge is -2.27. The van der Waals surface area contributed by atoms with Crippen molar-refractivity contribution in [1.82, 2.24) is 19.8 Å². The highest BCUT2D eigenvalue weighted by molar-refractivity contribution is 5.81. The standard InChI is InChI=1S/C28H38N4O2/c1-5-23(6-2)28(34)29-18-12-17-26-30-24-15-10-11-16-25(24)32(26)20-27(33)31(21(3)4)19-22-13-8-7-9-14-22/h7-11,13-16,21,23H,5-6,12,17-20H2,1-4H3,(H,29,34). The summed E-state index contributed by atoms with van der Waals surface area (Å²) in [5, 5.41) is 3.06. The smallest absolute Gasteiger partial charge is 0.243 e. The molecule has 0 fully saturated rings. The molecule has 0 aliphatic heterocycles. The van der Waals surface area contributed by atoms with Gasteiger partial charge in [0, 0.05) is 31.5 Å². The number of para-hydroxylation sites is 2. The molecule has 34 heavy (non-hydrogen) atoms. The first-order valence-corrected chi connectivity index (χ1v) is 12.5. The Morgan fingerprint density at radius 1 is 1.00 bits per heavy atom. The third-order valence-corrected chi connectivity index (χ3v) is 6.40. The van der Waals surface area contributed by atoms with Crippen LogP contribution in [0.3, 0.4) is 0 Å². The number of rotatable bonds is 12. The van der Waals surface area contributed by atoms with Crippen molar-refractivity contribution in [2.75, 3.05) is 6.54 Å². The molecule has 0 aliphatic carbocycles. The summed E-state index contributed by atoms with van der Waals surface area (Å²) in [6.07, 6.45) is 3.19. The van der Waals surface area contributed by atoms with Gasteiger partial charge in [0.25, 0.3) is 0 Å². The van der Waals surface area contributed by atoms with E-state index in [-0.39, 0.29) is 30.3 Å². The Bertz CT molecular complexity index is 1070. The minimum absolute atomic E-state index is 0.0743. The molecule has 3 rings (SSSR count). The number of aryl methyl sites for hydroxylation is 1. The maximum Gasteiger partial charge on any atom is 0.243 e. The SMILES string of the molecule is CCC(CC)C(=O)NCCCc1nc2ccccc2n1CC(=O)N(Cc1ccccc1)C(C)C. The summed E-state index contributed by atoms with van der Waals surface area (Å²) in [4.78, 5) is 32.4. The van der Waals surface area contributed by atoms with Crippen LogP contribution in [-0.2, 0) is 29.1 Å². The van der Waals surface area contributed by atoms with Gasteiger partial charge < -0.3 is 14.8 Å². The molecule has 3 aromatic rings. The van der Waals surface area contributed by atoms with Crippen LogP contribution in [0.4, 0.5) is 0 Å². The van der Waals surface area contributed by atoms with Gasteiger partial charge in [-0.05, 0) is 50.8 Å². The molecule has 0 atom stereocenters. The lowest BCUT2D eigenvalue weighted by atomic mass is 10.0. The van der Waals surface area contributed by atoms with E-state index in [0.29, 0.717) is 19.5 Å². The van der Waals surface area contributed by atoms with Gasteiger partial charge in [-0.25, -0.2) is 4.98 Å². The minimum Gasteiger partial charge on any atom is -0.356 e. The third kappa shape index (κ3) is 6.46. The summed E-state index contributed by atoms with van der Waals surface area (Å²) in [5.74, 6) is 1.16. The van der Waals surface area contributed by atoms with E-state index in [1.54, 1.807) is 0 Å². The number of imidazole rings is 1. The summed E-state index contributed by atoms with van der Waals surface area (Å²) in [5.41, 5.74) is 2.98. The van der Waals surface area contributed by atoms with Crippen LogP contribution in [0, 0.1) is 5.92 Å². The number of aromatic nitrogens is 2. The lowest BCUT2D eigenvalue weighted by Crippen LogP contribution is -2.38. The normalized spacial score (nSPS) is 11.4. The number of fused-ring (bicyclic) bond motifs is 1. The summed E-state index contributed by atoms with van der Waals surface area (Å²) in [6.45, 7) is 9.64. The van der Waals surface area contributed by atoms with E-state index in [1.807, 2.05) is 65.8 Å². The highest BCUT2D eigenvalue weighted by Gasteiger charge is 2.21. The van der Waals surface area contributed by atoms with Gasteiger partial charge in [0.1, 0.15) is 12.4 Å². The van der Waals surface area contributed by atoms with Gasteiger partial charge in [-0.2, -0.15) is 0 Å². The molecule has 1 heterocycles. The van der Waals surface area contributed by atoms with Gasteiger partial charge in [-0.15, -0.1) is 0 Å². The Labute approximate surface area is 203 Å². The topological polar surface area (TPSA) is 67.2 Å². The second-order valence-electron chi connectivity index (χ2n) is 9.11. The van der Waals surface area contributed by atoms with Crippen molar-refractivity contribution >= 4 is 22.8 Å². The molecule has 0 saturated carbocycles. The lowest BCUT2D eigenvalue weighted by molar-refractivity contribution is -0.134. The molecule has 0 unspecified atom stereocenters. The molecular formula is C28H38N4O2. The van der Waals surface area contributed by atoms with Crippen molar-refractivity contribution in [3.63, 3.8) is 0 Å². The molecule has 6 nitrogen and oxygen atoms in total. The monoisotopic (exact) mass is 462 g/mol. The van der Waals surface area contributed by atoms with Crippen LogP contribution in [0.25, 0.3) is 11.0 Å². The van der Waals surface area contributed by atoms with Crippen LogP contribution >= 0.6 is 0 Å². The Kier molecular flexibility index (Phi) is 9.25. The van der Waals surface area contributed by atoms with Gasteiger partial charge >= 0.3 is 0 Å². The molecule has 0 saturated heterocycles. The summed E-state index contributed by atoms with van der Waals surface area (Å²) in [6, 6.07) is 18.1. The average molecular weight is 463 g/mol. The van der Waals surface area contributed by atoms with Gasteiger partial charge in [0.05, 0.1) is 11.0 Å². The van der Waals surface area contributed by atoms with Crippen molar-refractivity contribution in [2.24, 2.45) is 5.92 Å². The third-order valence-electron chi connectivity index (χ3n) is 6.40. The minimum atomic E-state index is 0.0743. The van der Waals surface area contributed by atoms with Crippen LogP contribution in [0.1, 0.15) is 58.3 Å². The Balaban J connectivity index is 1.72. The van der Waals surface area contributed by atoms with Crippen molar-refractivity contribution in [2.45, 2.75) is 72.5 Å². The van der Waals surface area contributed by atoms with E-state index >= 15 is 0 Å². The highest BCUT2D eigenvalue weighted by Crippen LogP contribution is 2.19. The van der Waals surface area contributed by atoms with E-state index in [1.165, 1.54) is 0 Å². The maximum atomic E-state index is 13.4. The quantitative estimate of drug-likeness (QED) is 0.387. The molecule has 1 N–H and O–H groups in total. The largest absolute Gasteiger partial charge is 0.356 e. The van der Waals surface area contributed by atoms with E-state index in [4.69, 9.17) is 4.98 Å². The molecule has 0 aliphatic rings. The fourth-order valence-corrected chi connectivity index (χ4v) is 4.32. The first-order chi connectivity index (χ1) is 16.4. The number of carbonyl (C=O) groups excluding carboxylic acids is 2. The predicted octanol–water partition coefficient (Wildman–Crippen LogP) is 4.96. The van der Waals surface area contributed by atoms with Crippen LogP contribution in [-0.4, -0.2) is 38.9 Å². The molecule has 0 radical (unpaired) electrons. The molecule has 0 bridgehead atoms. The summed E-state index contributed by atoms with van der Waals surface area (Å²) < 4.78 is 2.04. The number of hydrogen-bond donors (Lipinski definition) is 1. The Morgan fingerprint density at radius 3 is 2.35 bits per heavy atom. The number of benzene rings is 2. The number of amides is 2. The van der Waals surface area contributed by atoms with Gasteiger partial charge in [-0.3, -0.25) is 9.59 Å². The second-order valence-corrected chi connectivity index (χ2v) is 9.11. The van der Waals surface area contributed by atoms with Crippen molar-refractivity contribution < 1.29 is 9.59 Å². The zero-order valence-corrected chi connectivity index (χ0v) is 21.0. The first kappa shape index (κ1) is 25.5. The number of hydrogen-bond acceptors (Lipinski definition) is 3. The zero-order valence-electron chi connectivity index (χ0n) is 21.0. The van der Waals surface area contributed by atoms with E-state index in [2.05, 4.69) is 31.3 Å². The Morgan fingerprint density at radius 2 is 1.68 bits per heavy atom. The van der Waals surface area contributed by atoms with Crippen LogP contribution in [0.2, 0.25) is 0 Å². The van der Waals surface area contributed by atoms with Gasteiger partial charge in [-0.1, -0.05) is 56.3 Å². The fourth-order valence-electron chi connectivity index (χ4n) is 4.32. The summed E-state index contributed by atoms with van der Waals surface area (Å²) in [7, 11) is 0. The fraction of sp³-hybridized carbons (Fsp3) is 0.464. The van der Waals surface area contributed by atoms with Gasteiger partial charge in [0.15, 0.2) is 0 Å².